The van der Waals surface area contributed by atoms with Crippen LogP contribution in [0, 0.1) is 12.8 Å². The summed E-state index contributed by atoms with van der Waals surface area (Å²) in [4.78, 5) is 16.9. The van der Waals surface area contributed by atoms with E-state index in [-0.39, 0.29) is 5.97 Å². The van der Waals surface area contributed by atoms with E-state index in [1.165, 1.54) is 39.2 Å². The highest BCUT2D eigenvalue weighted by atomic mass is 32.1. The first-order chi connectivity index (χ1) is 9.65. The third-order valence-corrected chi connectivity index (χ3v) is 5.04. The predicted molar refractivity (Wildman–Crippen MR) is 82.5 cm³/mol. The Hall–Kier alpha value is -1.10. The van der Waals surface area contributed by atoms with Crippen molar-refractivity contribution in [3.05, 3.63) is 10.6 Å². The van der Waals surface area contributed by atoms with Gasteiger partial charge >= 0.3 is 5.97 Å². The third-order valence-electron chi connectivity index (χ3n) is 4.14. The number of aromatic nitrogens is 1. The number of methoxy groups -OCH3 is 1. The van der Waals surface area contributed by atoms with Gasteiger partial charge < -0.3 is 10.1 Å². The largest absolute Gasteiger partial charge is 0.464 e. The molecule has 0 aliphatic heterocycles. The minimum Gasteiger partial charge on any atom is -0.464 e. The molecule has 1 atom stereocenters. The first-order valence-corrected chi connectivity index (χ1v) is 8.29. The minimum atomic E-state index is -0.350. The van der Waals surface area contributed by atoms with Crippen LogP contribution in [0.2, 0.25) is 0 Å². The summed E-state index contributed by atoms with van der Waals surface area (Å²) in [6, 6.07) is 0.464. The van der Waals surface area contributed by atoms with E-state index < -0.39 is 0 Å². The fourth-order valence-corrected chi connectivity index (χ4v) is 3.86. The molecule has 0 amide bonds. The lowest BCUT2D eigenvalue weighted by Gasteiger charge is -2.30. The molecule has 2 rings (SSSR count). The second-order valence-corrected chi connectivity index (χ2v) is 6.68. The van der Waals surface area contributed by atoms with Crippen molar-refractivity contribution in [3.63, 3.8) is 0 Å². The molecular weight excluding hydrogens is 272 g/mol. The molecule has 1 unspecified atom stereocenters. The smallest absolute Gasteiger partial charge is 0.357 e. The number of aryl methyl sites for hydroxylation is 1. The number of rotatable bonds is 5. The third kappa shape index (κ3) is 3.51. The number of hydrogen-bond donors (Lipinski definition) is 1. The average Bonchev–Trinajstić information content (AvgIpc) is 2.85. The molecule has 0 spiro atoms. The lowest BCUT2D eigenvalue weighted by molar-refractivity contribution is 0.0594. The molecule has 1 fully saturated rings. The Morgan fingerprint density at radius 3 is 2.75 bits per heavy atom. The first kappa shape index (κ1) is 15.3. The normalized spacial score (nSPS) is 17.8. The predicted octanol–water partition coefficient (Wildman–Crippen LogP) is 4.01. The van der Waals surface area contributed by atoms with Gasteiger partial charge in [0, 0.05) is 10.9 Å². The fourth-order valence-electron chi connectivity index (χ4n) is 2.99. The van der Waals surface area contributed by atoms with Crippen LogP contribution in [0.3, 0.4) is 0 Å². The molecule has 1 saturated carbocycles. The quantitative estimate of drug-likeness (QED) is 0.834. The van der Waals surface area contributed by atoms with Crippen LogP contribution in [0.15, 0.2) is 0 Å². The van der Waals surface area contributed by atoms with E-state index in [0.29, 0.717) is 11.7 Å². The van der Waals surface area contributed by atoms with Gasteiger partial charge in [0.2, 0.25) is 0 Å². The van der Waals surface area contributed by atoms with Gasteiger partial charge in [-0.2, -0.15) is 0 Å². The Balaban J connectivity index is 2.05. The van der Waals surface area contributed by atoms with Gasteiger partial charge in [0.15, 0.2) is 10.8 Å². The van der Waals surface area contributed by atoms with E-state index in [1.54, 1.807) is 11.3 Å². The van der Waals surface area contributed by atoms with E-state index >= 15 is 0 Å². The number of nitrogens with one attached hydrogen (secondary N) is 1. The molecule has 0 radical (unpaired) electrons. The van der Waals surface area contributed by atoms with E-state index in [0.717, 1.165) is 22.3 Å². The zero-order chi connectivity index (χ0) is 14.5. The van der Waals surface area contributed by atoms with Crippen LogP contribution in [0.5, 0.6) is 0 Å². The van der Waals surface area contributed by atoms with Crippen molar-refractivity contribution in [2.45, 2.75) is 58.4 Å². The first-order valence-electron chi connectivity index (χ1n) is 7.48. The van der Waals surface area contributed by atoms with E-state index in [9.17, 15) is 4.79 Å². The lowest BCUT2D eigenvalue weighted by atomic mass is 9.83. The second kappa shape index (κ2) is 7.07. The maximum atomic E-state index is 11.6. The highest BCUT2D eigenvalue weighted by Gasteiger charge is 2.24. The van der Waals surface area contributed by atoms with Gasteiger partial charge in [-0.1, -0.05) is 26.2 Å². The summed E-state index contributed by atoms with van der Waals surface area (Å²) in [7, 11) is 1.39. The summed E-state index contributed by atoms with van der Waals surface area (Å²) in [5.74, 6) is 0.386. The number of anilines is 1. The molecule has 0 bridgehead atoms. The van der Waals surface area contributed by atoms with Crippen LogP contribution in [0.1, 0.15) is 60.8 Å². The summed E-state index contributed by atoms with van der Waals surface area (Å²) in [6.07, 6.45) is 7.76. The molecular formula is C15H24N2O2S. The summed E-state index contributed by atoms with van der Waals surface area (Å²) >= 11 is 1.54. The molecule has 1 aliphatic carbocycles. The van der Waals surface area contributed by atoms with Crippen LogP contribution in [0.25, 0.3) is 0 Å². The van der Waals surface area contributed by atoms with Crippen molar-refractivity contribution in [2.24, 2.45) is 5.92 Å². The van der Waals surface area contributed by atoms with E-state index in [4.69, 9.17) is 4.74 Å². The van der Waals surface area contributed by atoms with Crippen molar-refractivity contribution in [2.75, 3.05) is 12.4 Å². The Morgan fingerprint density at radius 1 is 1.45 bits per heavy atom. The molecule has 1 heterocycles. The highest BCUT2D eigenvalue weighted by Crippen LogP contribution is 2.31. The van der Waals surface area contributed by atoms with Gasteiger partial charge in [-0.25, -0.2) is 9.78 Å². The fraction of sp³-hybridized carbons (Fsp3) is 0.733. The van der Waals surface area contributed by atoms with Gasteiger partial charge in [0.25, 0.3) is 0 Å². The summed E-state index contributed by atoms with van der Waals surface area (Å²) in [5.41, 5.74) is 0.443. The summed E-state index contributed by atoms with van der Waals surface area (Å²) in [6.45, 7) is 4.13. The standard InChI is InChI=1S/C15H24N2O2S/c1-4-12(11-8-6-5-7-9-11)16-15-17-13(10(2)20-15)14(18)19-3/h11-12H,4-9H2,1-3H3,(H,16,17). The van der Waals surface area contributed by atoms with Gasteiger partial charge in [-0.3, -0.25) is 0 Å². The number of thiazole rings is 1. The molecule has 4 nitrogen and oxygen atoms in total. The molecule has 0 saturated heterocycles. The van der Waals surface area contributed by atoms with Crippen LogP contribution in [-0.2, 0) is 4.74 Å². The number of carbonyl (C=O) groups is 1. The van der Waals surface area contributed by atoms with Crippen molar-refractivity contribution < 1.29 is 9.53 Å². The van der Waals surface area contributed by atoms with Crippen molar-refractivity contribution in [1.82, 2.24) is 4.98 Å². The SMILES string of the molecule is CCC(Nc1nc(C(=O)OC)c(C)s1)C1CCCCC1. The maximum absolute atomic E-state index is 11.6. The average molecular weight is 296 g/mol. The molecule has 1 aromatic heterocycles. The van der Waals surface area contributed by atoms with Gasteiger partial charge in [0.1, 0.15) is 0 Å². The number of carbonyl (C=O) groups excluding carboxylic acids is 1. The zero-order valence-electron chi connectivity index (χ0n) is 12.6. The van der Waals surface area contributed by atoms with Gasteiger partial charge in [0.05, 0.1) is 7.11 Å². The van der Waals surface area contributed by atoms with Crippen LogP contribution < -0.4 is 5.32 Å². The molecule has 0 aromatic carbocycles. The minimum absolute atomic E-state index is 0.350. The molecule has 1 N–H and O–H groups in total. The number of ether oxygens (including phenoxy) is 1. The van der Waals surface area contributed by atoms with Gasteiger partial charge in [-0.15, -0.1) is 11.3 Å². The van der Waals surface area contributed by atoms with Crippen molar-refractivity contribution in [1.29, 1.82) is 0 Å². The van der Waals surface area contributed by atoms with Crippen LogP contribution >= 0.6 is 11.3 Å². The lowest BCUT2D eigenvalue weighted by Crippen LogP contribution is -2.30. The number of esters is 1. The molecule has 1 aliphatic rings. The van der Waals surface area contributed by atoms with E-state index in [1.807, 2.05) is 6.92 Å². The van der Waals surface area contributed by atoms with Crippen LogP contribution in [0.4, 0.5) is 5.13 Å². The topological polar surface area (TPSA) is 51.2 Å². The molecule has 5 heteroatoms. The van der Waals surface area contributed by atoms with Gasteiger partial charge in [-0.05, 0) is 32.1 Å². The zero-order valence-corrected chi connectivity index (χ0v) is 13.4. The van der Waals surface area contributed by atoms with Crippen LogP contribution in [-0.4, -0.2) is 24.1 Å². The summed E-state index contributed by atoms with van der Waals surface area (Å²) < 4.78 is 4.76. The van der Waals surface area contributed by atoms with Crippen molar-refractivity contribution >= 4 is 22.4 Å². The Labute approximate surface area is 124 Å². The second-order valence-electron chi connectivity index (χ2n) is 5.47. The summed E-state index contributed by atoms with van der Waals surface area (Å²) in [5, 5.41) is 4.39. The number of nitrogens with zero attached hydrogens (tertiary/aromatic N) is 1. The van der Waals surface area contributed by atoms with E-state index in [2.05, 4.69) is 17.2 Å². The Kier molecular flexibility index (Phi) is 5.40. The maximum Gasteiger partial charge on any atom is 0.357 e. The monoisotopic (exact) mass is 296 g/mol. The number of hydrogen-bond acceptors (Lipinski definition) is 5. The Morgan fingerprint density at radius 2 is 2.15 bits per heavy atom. The molecule has 1 aromatic rings. The molecule has 112 valence electrons. The highest BCUT2D eigenvalue weighted by molar-refractivity contribution is 7.15. The molecule has 20 heavy (non-hydrogen) atoms. The van der Waals surface area contributed by atoms with Crippen molar-refractivity contribution in [3.8, 4) is 0 Å². The Bertz CT molecular complexity index is 453.